The van der Waals surface area contributed by atoms with Crippen molar-refractivity contribution in [2.45, 2.75) is 19.4 Å². The maximum atomic E-state index is 12.4. The Balaban J connectivity index is 2.35. The third kappa shape index (κ3) is 4.71. The Morgan fingerprint density at radius 3 is 2.56 bits per heavy atom. The van der Waals surface area contributed by atoms with Crippen LogP contribution in [0.1, 0.15) is 24.9 Å². The molecule has 1 aliphatic rings. The van der Waals surface area contributed by atoms with E-state index in [0.717, 1.165) is 30.8 Å². The van der Waals surface area contributed by atoms with Crippen LogP contribution >= 0.6 is 23.8 Å². The van der Waals surface area contributed by atoms with Gasteiger partial charge in [0.2, 0.25) is 0 Å². The number of hydrogen-bond acceptors (Lipinski definition) is 4. The van der Waals surface area contributed by atoms with Crippen molar-refractivity contribution in [3.63, 3.8) is 0 Å². The highest BCUT2D eigenvalue weighted by molar-refractivity contribution is 7.80. The van der Waals surface area contributed by atoms with E-state index < -0.39 is 0 Å². The van der Waals surface area contributed by atoms with E-state index in [0.29, 0.717) is 15.7 Å². The number of carbonyl (C=O) groups excluding carboxylic acids is 1. The van der Waals surface area contributed by atoms with Crippen LogP contribution in [0.2, 0.25) is 5.02 Å². The number of carbonyl (C=O) groups is 1. The highest BCUT2D eigenvalue weighted by Gasteiger charge is 2.34. The summed E-state index contributed by atoms with van der Waals surface area (Å²) in [4.78, 5) is 16.5. The van der Waals surface area contributed by atoms with E-state index in [1.165, 1.54) is 7.11 Å². The molecule has 1 atom stereocenters. The third-order valence-electron chi connectivity index (χ3n) is 4.19. The Hall–Kier alpha value is -1.63. The van der Waals surface area contributed by atoms with Gasteiger partial charge in [-0.2, -0.15) is 0 Å². The van der Waals surface area contributed by atoms with Gasteiger partial charge in [-0.3, -0.25) is 0 Å². The van der Waals surface area contributed by atoms with E-state index >= 15 is 0 Å². The summed E-state index contributed by atoms with van der Waals surface area (Å²) >= 11 is 11.5. The highest BCUT2D eigenvalue weighted by Crippen LogP contribution is 2.31. The van der Waals surface area contributed by atoms with Gasteiger partial charge in [-0.15, -0.1) is 0 Å². The molecule has 25 heavy (non-hydrogen) atoms. The first-order valence-corrected chi connectivity index (χ1v) is 8.91. The molecule has 5 nitrogen and oxygen atoms in total. The van der Waals surface area contributed by atoms with Crippen molar-refractivity contribution in [3.8, 4) is 0 Å². The van der Waals surface area contributed by atoms with Crippen LogP contribution in [-0.2, 0) is 9.53 Å². The Labute approximate surface area is 159 Å². The molecule has 1 N–H and O–H groups in total. The Morgan fingerprint density at radius 1 is 1.36 bits per heavy atom. The Bertz CT molecular complexity index is 673. The average molecular weight is 382 g/mol. The minimum Gasteiger partial charge on any atom is -0.466 e. The maximum absolute atomic E-state index is 12.4. The van der Waals surface area contributed by atoms with Crippen molar-refractivity contribution in [2.24, 2.45) is 0 Å². The molecule has 1 aliphatic heterocycles. The number of benzene rings is 1. The highest BCUT2D eigenvalue weighted by atomic mass is 35.5. The Kier molecular flexibility index (Phi) is 6.81. The van der Waals surface area contributed by atoms with E-state index in [2.05, 4.69) is 10.2 Å². The number of ether oxygens (including phenoxy) is 1. The summed E-state index contributed by atoms with van der Waals surface area (Å²) in [5, 5.41) is 4.54. The molecule has 0 aliphatic carbocycles. The zero-order chi connectivity index (χ0) is 18.6. The second kappa shape index (κ2) is 8.65. The smallest absolute Gasteiger partial charge is 0.337 e. The summed E-state index contributed by atoms with van der Waals surface area (Å²) < 4.78 is 5.02. The van der Waals surface area contributed by atoms with E-state index in [-0.39, 0.29) is 12.0 Å². The van der Waals surface area contributed by atoms with Crippen molar-refractivity contribution < 1.29 is 9.53 Å². The first kappa shape index (κ1) is 19.7. The monoisotopic (exact) mass is 381 g/mol. The molecule has 0 saturated carbocycles. The molecule has 0 amide bonds. The number of esters is 1. The summed E-state index contributed by atoms with van der Waals surface area (Å²) in [6, 6.07) is 7.04. The van der Waals surface area contributed by atoms with Crippen LogP contribution in [0.15, 0.2) is 35.5 Å². The zero-order valence-electron chi connectivity index (χ0n) is 15.0. The predicted octanol–water partition coefficient (Wildman–Crippen LogP) is 2.97. The molecule has 0 bridgehead atoms. The van der Waals surface area contributed by atoms with Gasteiger partial charge in [0.05, 0.1) is 18.7 Å². The summed E-state index contributed by atoms with van der Waals surface area (Å²) in [5.74, 6) is -0.356. The van der Waals surface area contributed by atoms with Crippen LogP contribution in [0.5, 0.6) is 0 Å². The third-order valence-corrected chi connectivity index (χ3v) is 4.78. The first-order valence-electron chi connectivity index (χ1n) is 8.12. The van der Waals surface area contributed by atoms with Crippen LogP contribution in [0.4, 0.5) is 0 Å². The van der Waals surface area contributed by atoms with E-state index in [1.54, 1.807) is 12.1 Å². The molecule has 2 rings (SSSR count). The van der Waals surface area contributed by atoms with Gasteiger partial charge in [-0.1, -0.05) is 23.7 Å². The van der Waals surface area contributed by atoms with E-state index in [4.69, 9.17) is 28.6 Å². The van der Waals surface area contributed by atoms with Gasteiger partial charge < -0.3 is 19.9 Å². The molecule has 0 radical (unpaired) electrons. The van der Waals surface area contributed by atoms with Crippen molar-refractivity contribution in [3.05, 3.63) is 46.1 Å². The lowest BCUT2D eigenvalue weighted by atomic mass is 9.95. The number of rotatable bonds is 6. The Morgan fingerprint density at radius 2 is 2.00 bits per heavy atom. The molecule has 1 heterocycles. The van der Waals surface area contributed by atoms with Gasteiger partial charge in [0.1, 0.15) is 0 Å². The quantitative estimate of drug-likeness (QED) is 0.603. The molecule has 1 aromatic rings. The van der Waals surface area contributed by atoms with Crippen molar-refractivity contribution in [1.29, 1.82) is 0 Å². The molecular formula is C18H24ClN3O2S. The molecule has 1 aromatic carbocycles. The van der Waals surface area contributed by atoms with Gasteiger partial charge in [0, 0.05) is 17.3 Å². The molecule has 0 spiro atoms. The molecule has 0 fully saturated rings. The van der Waals surface area contributed by atoms with Gasteiger partial charge in [-0.25, -0.2) is 4.79 Å². The molecular weight excluding hydrogens is 358 g/mol. The van der Waals surface area contributed by atoms with Crippen LogP contribution in [0.3, 0.4) is 0 Å². The number of nitrogens with zero attached hydrogens (tertiary/aromatic N) is 2. The minimum atomic E-state index is -0.356. The summed E-state index contributed by atoms with van der Waals surface area (Å²) in [5.41, 5.74) is 2.32. The summed E-state index contributed by atoms with van der Waals surface area (Å²) in [6.07, 6.45) is 0.937. The lowest BCUT2D eigenvalue weighted by Gasteiger charge is -2.37. The predicted molar refractivity (Wildman–Crippen MR) is 105 cm³/mol. The fourth-order valence-electron chi connectivity index (χ4n) is 2.88. The second-order valence-electron chi connectivity index (χ2n) is 6.23. The fourth-order valence-corrected chi connectivity index (χ4v) is 3.35. The second-order valence-corrected chi connectivity index (χ2v) is 7.06. The van der Waals surface area contributed by atoms with Crippen molar-refractivity contribution >= 4 is 34.9 Å². The number of nitrogens with one attached hydrogen (secondary N) is 1. The van der Waals surface area contributed by atoms with Gasteiger partial charge in [0.25, 0.3) is 0 Å². The van der Waals surface area contributed by atoms with E-state index in [9.17, 15) is 4.79 Å². The molecule has 0 unspecified atom stereocenters. The zero-order valence-corrected chi connectivity index (χ0v) is 16.6. The van der Waals surface area contributed by atoms with Gasteiger partial charge >= 0.3 is 5.97 Å². The van der Waals surface area contributed by atoms with Crippen LogP contribution in [0.25, 0.3) is 0 Å². The molecule has 7 heteroatoms. The standard InChI is InChI=1S/C18H24ClN3O2S/c1-12-15(17(23)24-4)16(13-6-8-14(19)9-7-13)20-18(25)22(12)11-5-10-21(2)3/h6-9,16H,5,10-11H2,1-4H3,(H,20,25)/t16-/m1/s1. The van der Waals surface area contributed by atoms with Crippen LogP contribution < -0.4 is 5.32 Å². The summed E-state index contributed by atoms with van der Waals surface area (Å²) in [7, 11) is 5.46. The lowest BCUT2D eigenvalue weighted by Crippen LogP contribution is -2.48. The number of halogens is 1. The molecule has 0 aromatic heterocycles. The van der Waals surface area contributed by atoms with Crippen molar-refractivity contribution in [1.82, 2.24) is 15.1 Å². The fraction of sp³-hybridized carbons (Fsp3) is 0.444. The normalized spacial score (nSPS) is 17.8. The minimum absolute atomic E-state index is 0.345. The van der Waals surface area contributed by atoms with Gasteiger partial charge in [-0.05, 0) is 63.9 Å². The largest absolute Gasteiger partial charge is 0.466 e. The number of hydrogen-bond donors (Lipinski definition) is 1. The molecule has 0 saturated heterocycles. The lowest BCUT2D eigenvalue weighted by molar-refractivity contribution is -0.136. The van der Waals surface area contributed by atoms with E-state index in [1.807, 2.05) is 38.1 Å². The van der Waals surface area contributed by atoms with Crippen LogP contribution in [-0.4, -0.2) is 55.2 Å². The average Bonchev–Trinajstić information content (AvgIpc) is 2.57. The number of allylic oxidation sites excluding steroid dienone is 1. The summed E-state index contributed by atoms with van der Waals surface area (Å²) in [6.45, 7) is 3.60. The number of thiocarbonyl (C=S) groups is 1. The number of methoxy groups -OCH3 is 1. The van der Waals surface area contributed by atoms with Crippen molar-refractivity contribution in [2.75, 3.05) is 34.3 Å². The first-order chi connectivity index (χ1) is 11.8. The SMILES string of the molecule is COC(=O)C1=C(C)N(CCCN(C)C)C(=S)N[C@@H]1c1ccc(Cl)cc1. The topological polar surface area (TPSA) is 44.8 Å². The molecule has 136 valence electrons. The maximum Gasteiger partial charge on any atom is 0.337 e. The van der Waals surface area contributed by atoms with Gasteiger partial charge in [0.15, 0.2) is 5.11 Å². The van der Waals surface area contributed by atoms with Crippen LogP contribution in [0, 0.1) is 0 Å².